The largest absolute Gasteiger partial charge is 0.342 e. The Hall–Kier alpha value is -2.92. The van der Waals surface area contributed by atoms with Crippen LogP contribution in [0.5, 0.6) is 0 Å². The highest BCUT2D eigenvalue weighted by Gasteiger charge is 2.19. The van der Waals surface area contributed by atoms with Crippen molar-refractivity contribution in [2.75, 3.05) is 0 Å². The third kappa shape index (κ3) is 4.72. The van der Waals surface area contributed by atoms with Crippen LogP contribution in [0.2, 0.25) is 0 Å². The Morgan fingerprint density at radius 1 is 1.00 bits per heavy atom. The summed E-state index contributed by atoms with van der Waals surface area (Å²) in [5, 5.41) is 3.11. The Bertz CT molecular complexity index is 1210. The van der Waals surface area contributed by atoms with Crippen molar-refractivity contribution in [3.63, 3.8) is 0 Å². The van der Waals surface area contributed by atoms with Crippen LogP contribution in [0.1, 0.15) is 60.0 Å². The third-order valence-electron chi connectivity index (χ3n) is 5.49. The van der Waals surface area contributed by atoms with Gasteiger partial charge in [-0.2, -0.15) is 0 Å². The lowest BCUT2D eigenvalue weighted by Gasteiger charge is -2.17. The number of hydrogen-bond acceptors (Lipinski definition) is 2. The van der Waals surface area contributed by atoms with Crippen LogP contribution in [0, 0.1) is 0 Å². The molecule has 1 unspecified atom stereocenters. The van der Waals surface area contributed by atoms with Gasteiger partial charge < -0.3 is 9.88 Å². The molecular formula is C26H26BrN3O. The van der Waals surface area contributed by atoms with E-state index < -0.39 is 0 Å². The van der Waals surface area contributed by atoms with Gasteiger partial charge in [-0.05, 0) is 54.3 Å². The van der Waals surface area contributed by atoms with Crippen molar-refractivity contribution in [1.82, 2.24) is 14.9 Å². The molecule has 3 aromatic carbocycles. The molecule has 1 aromatic heterocycles. The Morgan fingerprint density at radius 2 is 1.74 bits per heavy atom. The first-order valence-corrected chi connectivity index (χ1v) is 11.3. The lowest BCUT2D eigenvalue weighted by atomic mass is 10.0. The van der Waals surface area contributed by atoms with Gasteiger partial charge in [0.25, 0.3) is 5.91 Å². The molecule has 0 aliphatic heterocycles. The summed E-state index contributed by atoms with van der Waals surface area (Å²) >= 11 is 3.43. The van der Waals surface area contributed by atoms with Crippen LogP contribution in [0.25, 0.3) is 11.0 Å². The third-order valence-corrected chi connectivity index (χ3v) is 5.99. The molecule has 0 bridgehead atoms. The highest BCUT2D eigenvalue weighted by atomic mass is 79.9. The van der Waals surface area contributed by atoms with Gasteiger partial charge in [0.1, 0.15) is 5.82 Å². The number of para-hydroxylation sites is 2. The fraction of sp³-hybridized carbons (Fsp3) is 0.231. The standard InChI is InChI=1S/C26H26BrN3O/c1-17(2)20-13-11-19(12-14-20)16-30-24-10-5-4-9-23(24)29-25(30)18(3)28-26(31)21-7-6-8-22(27)15-21/h4-15,17-18H,16H2,1-3H3,(H,28,31). The van der Waals surface area contributed by atoms with E-state index in [-0.39, 0.29) is 11.9 Å². The normalized spacial score (nSPS) is 12.3. The van der Waals surface area contributed by atoms with Crippen LogP contribution >= 0.6 is 15.9 Å². The first kappa shape index (κ1) is 21.3. The number of carbonyl (C=O) groups excluding carboxylic acids is 1. The van der Waals surface area contributed by atoms with E-state index >= 15 is 0 Å². The van der Waals surface area contributed by atoms with Crippen molar-refractivity contribution < 1.29 is 4.79 Å². The number of rotatable bonds is 6. The molecule has 31 heavy (non-hydrogen) atoms. The van der Waals surface area contributed by atoms with Crippen LogP contribution in [-0.2, 0) is 6.54 Å². The zero-order chi connectivity index (χ0) is 22.0. The number of fused-ring (bicyclic) bond motifs is 1. The zero-order valence-corrected chi connectivity index (χ0v) is 19.6. The smallest absolute Gasteiger partial charge is 0.251 e. The molecule has 1 N–H and O–H groups in total. The van der Waals surface area contributed by atoms with Gasteiger partial charge in [-0.3, -0.25) is 4.79 Å². The molecule has 1 atom stereocenters. The lowest BCUT2D eigenvalue weighted by Crippen LogP contribution is -2.28. The van der Waals surface area contributed by atoms with E-state index in [0.29, 0.717) is 18.0 Å². The maximum Gasteiger partial charge on any atom is 0.251 e. The Labute approximate surface area is 191 Å². The monoisotopic (exact) mass is 475 g/mol. The fourth-order valence-electron chi connectivity index (χ4n) is 3.76. The summed E-state index contributed by atoms with van der Waals surface area (Å²) in [5.74, 6) is 1.23. The Balaban J connectivity index is 1.65. The molecule has 1 amide bonds. The number of benzene rings is 3. The first-order valence-electron chi connectivity index (χ1n) is 10.5. The Kier molecular flexibility index (Phi) is 6.23. The van der Waals surface area contributed by atoms with Crippen LogP contribution < -0.4 is 5.32 Å². The van der Waals surface area contributed by atoms with E-state index in [1.165, 1.54) is 11.1 Å². The average molecular weight is 476 g/mol. The molecule has 158 valence electrons. The average Bonchev–Trinajstić information content (AvgIpc) is 3.13. The van der Waals surface area contributed by atoms with Gasteiger partial charge in [0.15, 0.2) is 0 Å². The topological polar surface area (TPSA) is 46.9 Å². The molecule has 0 aliphatic rings. The van der Waals surface area contributed by atoms with Crippen LogP contribution in [0.3, 0.4) is 0 Å². The molecule has 0 fully saturated rings. The van der Waals surface area contributed by atoms with Gasteiger partial charge in [-0.25, -0.2) is 4.98 Å². The zero-order valence-electron chi connectivity index (χ0n) is 18.0. The minimum atomic E-state index is -0.242. The quantitative estimate of drug-likeness (QED) is 0.347. The van der Waals surface area contributed by atoms with Crippen LogP contribution in [-0.4, -0.2) is 15.5 Å². The lowest BCUT2D eigenvalue weighted by molar-refractivity contribution is 0.0937. The van der Waals surface area contributed by atoms with E-state index in [2.05, 4.69) is 70.0 Å². The van der Waals surface area contributed by atoms with Crippen molar-refractivity contribution in [3.05, 3.63) is 99.8 Å². The summed E-state index contributed by atoms with van der Waals surface area (Å²) in [6.07, 6.45) is 0. The Morgan fingerprint density at radius 3 is 2.45 bits per heavy atom. The highest BCUT2D eigenvalue weighted by molar-refractivity contribution is 9.10. The number of hydrogen-bond donors (Lipinski definition) is 1. The fourth-order valence-corrected chi connectivity index (χ4v) is 4.15. The number of nitrogens with zero attached hydrogens (tertiary/aromatic N) is 2. The predicted octanol–water partition coefficient (Wildman–Crippen LogP) is 6.46. The molecule has 4 aromatic rings. The molecule has 4 rings (SSSR count). The minimum Gasteiger partial charge on any atom is -0.342 e. The summed E-state index contributed by atoms with van der Waals surface area (Å²) in [7, 11) is 0. The van der Waals surface area contributed by atoms with Crippen LogP contribution in [0.4, 0.5) is 0 Å². The number of carbonyl (C=O) groups is 1. The molecule has 0 spiro atoms. The predicted molar refractivity (Wildman–Crippen MR) is 129 cm³/mol. The van der Waals surface area contributed by atoms with Crippen molar-refractivity contribution in [3.8, 4) is 0 Å². The number of imidazole rings is 1. The summed E-state index contributed by atoms with van der Waals surface area (Å²) in [6, 6.07) is 24.0. The second-order valence-electron chi connectivity index (χ2n) is 8.15. The maximum absolute atomic E-state index is 12.8. The van der Waals surface area contributed by atoms with Crippen molar-refractivity contribution in [2.45, 2.75) is 39.3 Å². The molecule has 0 radical (unpaired) electrons. The first-order chi connectivity index (χ1) is 14.9. The van der Waals surface area contributed by atoms with E-state index in [1.54, 1.807) is 0 Å². The summed E-state index contributed by atoms with van der Waals surface area (Å²) < 4.78 is 3.08. The maximum atomic E-state index is 12.8. The molecular weight excluding hydrogens is 450 g/mol. The molecule has 5 heteroatoms. The van der Waals surface area contributed by atoms with E-state index in [1.807, 2.05) is 49.4 Å². The van der Waals surface area contributed by atoms with E-state index in [0.717, 1.165) is 21.3 Å². The minimum absolute atomic E-state index is 0.117. The second-order valence-corrected chi connectivity index (χ2v) is 9.06. The van der Waals surface area contributed by atoms with Gasteiger partial charge in [-0.15, -0.1) is 0 Å². The molecule has 1 heterocycles. The highest BCUT2D eigenvalue weighted by Crippen LogP contribution is 2.24. The van der Waals surface area contributed by atoms with Gasteiger partial charge in [0, 0.05) is 16.6 Å². The van der Waals surface area contributed by atoms with E-state index in [4.69, 9.17) is 4.98 Å². The number of amides is 1. The van der Waals surface area contributed by atoms with Crippen LogP contribution in [0.15, 0.2) is 77.3 Å². The summed E-state index contributed by atoms with van der Waals surface area (Å²) in [6.45, 7) is 7.08. The molecule has 0 saturated heterocycles. The molecule has 0 saturated carbocycles. The van der Waals surface area contributed by atoms with E-state index in [9.17, 15) is 4.79 Å². The van der Waals surface area contributed by atoms with Gasteiger partial charge in [0.2, 0.25) is 0 Å². The summed E-state index contributed by atoms with van der Waals surface area (Å²) in [4.78, 5) is 17.7. The van der Waals surface area contributed by atoms with Gasteiger partial charge in [0.05, 0.1) is 17.1 Å². The second kappa shape index (κ2) is 9.06. The van der Waals surface area contributed by atoms with Crippen molar-refractivity contribution >= 4 is 32.9 Å². The van der Waals surface area contributed by atoms with Crippen molar-refractivity contribution in [2.24, 2.45) is 0 Å². The van der Waals surface area contributed by atoms with Gasteiger partial charge in [-0.1, -0.05) is 72.2 Å². The van der Waals surface area contributed by atoms with Crippen molar-refractivity contribution in [1.29, 1.82) is 0 Å². The molecule has 0 aliphatic carbocycles. The number of nitrogens with one attached hydrogen (secondary N) is 1. The summed E-state index contributed by atoms with van der Waals surface area (Å²) in [5.41, 5.74) is 5.15. The number of halogens is 1. The molecule has 4 nitrogen and oxygen atoms in total. The van der Waals surface area contributed by atoms with Gasteiger partial charge >= 0.3 is 0 Å². The number of aromatic nitrogens is 2. The SMILES string of the molecule is CC(C)c1ccc(Cn2c(C(C)NC(=O)c3cccc(Br)c3)nc3ccccc32)cc1.